The van der Waals surface area contributed by atoms with Gasteiger partial charge in [-0.1, -0.05) is 52.3 Å². The lowest BCUT2D eigenvalue weighted by atomic mass is 9.66. The number of nitrogens with zero attached hydrogens (tertiary/aromatic N) is 1. The van der Waals surface area contributed by atoms with Crippen molar-refractivity contribution in [3.8, 4) is 0 Å². The molecule has 0 saturated carbocycles. The van der Waals surface area contributed by atoms with Gasteiger partial charge in [-0.2, -0.15) is 0 Å². The van der Waals surface area contributed by atoms with Crippen molar-refractivity contribution in [1.29, 1.82) is 0 Å². The maximum atomic E-state index is 3.61. The van der Waals surface area contributed by atoms with Gasteiger partial charge < -0.3 is 0 Å². The zero-order chi connectivity index (χ0) is 15.7. The van der Waals surface area contributed by atoms with Gasteiger partial charge in [0.2, 0.25) is 0 Å². The molecule has 120 valence electrons. The Bertz CT molecular complexity index is 671. The summed E-state index contributed by atoms with van der Waals surface area (Å²) in [6.45, 7) is 3.61. The molecule has 0 amide bonds. The Kier molecular flexibility index (Phi) is 4.29. The van der Waals surface area contributed by atoms with Gasteiger partial charge in [0.25, 0.3) is 0 Å². The van der Waals surface area contributed by atoms with Crippen LogP contribution < -0.4 is 0 Å². The molecule has 2 aromatic carbocycles. The number of hydrogen-bond acceptors (Lipinski definition) is 1. The van der Waals surface area contributed by atoms with Crippen LogP contribution in [0.25, 0.3) is 0 Å². The molecule has 2 heteroatoms. The molecule has 1 spiro atoms. The maximum Gasteiger partial charge on any atom is 0.0233 e. The number of likely N-dealkylation sites (tertiary alicyclic amines) is 1. The van der Waals surface area contributed by atoms with Crippen molar-refractivity contribution >= 4 is 15.9 Å². The van der Waals surface area contributed by atoms with Crippen molar-refractivity contribution in [1.82, 2.24) is 4.90 Å². The highest BCUT2D eigenvalue weighted by Crippen LogP contribution is 2.44. The van der Waals surface area contributed by atoms with Crippen LogP contribution in [0.1, 0.15) is 36.0 Å². The summed E-state index contributed by atoms with van der Waals surface area (Å²) in [7, 11) is 0. The Labute approximate surface area is 147 Å². The molecule has 4 rings (SSSR count). The van der Waals surface area contributed by atoms with E-state index in [4.69, 9.17) is 0 Å². The lowest BCUT2D eigenvalue weighted by molar-refractivity contribution is 0.0854. The third-order valence-corrected chi connectivity index (χ3v) is 6.32. The molecule has 0 bridgehead atoms. The summed E-state index contributed by atoms with van der Waals surface area (Å²) in [5, 5.41) is 0. The normalized spacial score (nSPS) is 20.4. The van der Waals surface area contributed by atoms with E-state index in [0.717, 1.165) is 6.54 Å². The first-order chi connectivity index (χ1) is 11.2. The summed E-state index contributed by atoms with van der Waals surface area (Å²) in [6, 6.07) is 17.8. The topological polar surface area (TPSA) is 3.24 Å². The van der Waals surface area contributed by atoms with Crippen molar-refractivity contribution < 1.29 is 0 Å². The Morgan fingerprint density at radius 1 is 0.913 bits per heavy atom. The van der Waals surface area contributed by atoms with Crippen LogP contribution in [-0.4, -0.2) is 18.0 Å². The fraction of sp³-hybridized carbons (Fsp3) is 0.429. The maximum absolute atomic E-state index is 3.61. The number of fused-ring (bicyclic) bond motifs is 1. The quantitative estimate of drug-likeness (QED) is 0.701. The molecule has 1 nitrogen and oxygen atoms in total. The highest BCUT2D eigenvalue weighted by molar-refractivity contribution is 9.10. The van der Waals surface area contributed by atoms with Crippen LogP contribution in [-0.2, 0) is 19.4 Å². The zero-order valence-electron chi connectivity index (χ0n) is 13.6. The van der Waals surface area contributed by atoms with Crippen LogP contribution >= 0.6 is 15.9 Å². The van der Waals surface area contributed by atoms with Crippen molar-refractivity contribution in [3.05, 3.63) is 69.7 Å². The van der Waals surface area contributed by atoms with E-state index in [1.54, 1.807) is 11.1 Å². The first kappa shape index (κ1) is 15.4. The summed E-state index contributed by atoms with van der Waals surface area (Å²) >= 11 is 3.61. The second-order valence-corrected chi connectivity index (χ2v) is 8.27. The Morgan fingerprint density at radius 3 is 2.48 bits per heavy atom. The van der Waals surface area contributed by atoms with Crippen molar-refractivity contribution in [2.75, 3.05) is 13.1 Å². The summed E-state index contributed by atoms with van der Waals surface area (Å²) < 4.78 is 1.23. The molecular weight excluding hydrogens is 346 g/mol. The van der Waals surface area contributed by atoms with Gasteiger partial charge in [-0.05, 0) is 79.4 Å². The van der Waals surface area contributed by atoms with Crippen molar-refractivity contribution in [2.24, 2.45) is 5.41 Å². The SMILES string of the molecule is Brc1ccc2c(c1)CCC1(CCN(Cc3ccccc3)CC1)C2. The van der Waals surface area contributed by atoms with E-state index in [0.29, 0.717) is 5.41 Å². The second-order valence-electron chi connectivity index (χ2n) is 7.35. The largest absolute Gasteiger partial charge is 0.299 e. The van der Waals surface area contributed by atoms with E-state index in [9.17, 15) is 0 Å². The first-order valence-corrected chi connectivity index (χ1v) is 9.55. The summed E-state index contributed by atoms with van der Waals surface area (Å²) in [4.78, 5) is 2.64. The van der Waals surface area contributed by atoms with Gasteiger partial charge in [0.1, 0.15) is 0 Å². The van der Waals surface area contributed by atoms with Gasteiger partial charge in [0.15, 0.2) is 0 Å². The fourth-order valence-corrected chi connectivity index (χ4v) is 4.75. The summed E-state index contributed by atoms with van der Waals surface area (Å²) in [5.41, 5.74) is 5.17. The number of halogens is 1. The summed E-state index contributed by atoms with van der Waals surface area (Å²) in [5.74, 6) is 0. The van der Waals surface area contributed by atoms with E-state index in [-0.39, 0.29) is 0 Å². The molecule has 1 aliphatic carbocycles. The standard InChI is InChI=1S/C21H24BrN/c22-20-7-6-19-15-21(9-8-18(19)14-20)10-12-23(13-11-21)16-17-4-2-1-3-5-17/h1-7,14H,8-13,15-16H2. The highest BCUT2D eigenvalue weighted by Gasteiger charge is 2.37. The van der Waals surface area contributed by atoms with Crippen molar-refractivity contribution in [2.45, 2.75) is 38.6 Å². The second kappa shape index (κ2) is 6.41. The third-order valence-electron chi connectivity index (χ3n) is 5.82. The molecular formula is C21H24BrN. The van der Waals surface area contributed by atoms with Crippen LogP contribution in [0.5, 0.6) is 0 Å². The van der Waals surface area contributed by atoms with Gasteiger partial charge in [0.05, 0.1) is 0 Å². The number of benzene rings is 2. The molecule has 1 aliphatic heterocycles. The molecule has 0 radical (unpaired) electrons. The molecule has 1 heterocycles. The zero-order valence-corrected chi connectivity index (χ0v) is 15.2. The Balaban J connectivity index is 1.40. The average molecular weight is 370 g/mol. The smallest absolute Gasteiger partial charge is 0.0233 e. The molecule has 0 aromatic heterocycles. The molecule has 0 atom stereocenters. The monoisotopic (exact) mass is 369 g/mol. The summed E-state index contributed by atoms with van der Waals surface area (Å²) in [6.07, 6.45) is 6.63. The Morgan fingerprint density at radius 2 is 1.70 bits per heavy atom. The van der Waals surface area contributed by atoms with Crippen LogP contribution in [0.2, 0.25) is 0 Å². The first-order valence-electron chi connectivity index (χ1n) is 8.76. The highest BCUT2D eigenvalue weighted by atomic mass is 79.9. The van der Waals surface area contributed by atoms with Gasteiger partial charge >= 0.3 is 0 Å². The lowest BCUT2D eigenvalue weighted by Gasteiger charge is -2.45. The minimum absolute atomic E-state index is 0.564. The van der Waals surface area contributed by atoms with E-state index in [1.165, 1.54) is 55.2 Å². The molecule has 0 unspecified atom stereocenters. The van der Waals surface area contributed by atoms with E-state index < -0.39 is 0 Å². The third kappa shape index (κ3) is 3.39. The van der Waals surface area contributed by atoms with Crippen LogP contribution in [0.15, 0.2) is 53.0 Å². The number of piperidine rings is 1. The number of hydrogen-bond donors (Lipinski definition) is 0. The van der Waals surface area contributed by atoms with Gasteiger partial charge in [-0.15, -0.1) is 0 Å². The van der Waals surface area contributed by atoms with Gasteiger partial charge in [-0.3, -0.25) is 4.90 Å². The van der Waals surface area contributed by atoms with Crippen LogP contribution in [0, 0.1) is 5.41 Å². The molecule has 1 fully saturated rings. The Hall–Kier alpha value is -1.12. The van der Waals surface area contributed by atoms with E-state index >= 15 is 0 Å². The molecule has 2 aliphatic rings. The number of rotatable bonds is 2. The van der Waals surface area contributed by atoms with E-state index in [1.807, 2.05) is 0 Å². The molecule has 1 saturated heterocycles. The fourth-order valence-electron chi connectivity index (χ4n) is 4.35. The minimum atomic E-state index is 0.564. The predicted octanol–water partition coefficient (Wildman–Crippen LogP) is 5.22. The molecule has 23 heavy (non-hydrogen) atoms. The predicted molar refractivity (Wildman–Crippen MR) is 99.6 cm³/mol. The van der Waals surface area contributed by atoms with Gasteiger partial charge in [-0.25, -0.2) is 0 Å². The number of aryl methyl sites for hydroxylation is 1. The molecule has 2 aromatic rings. The van der Waals surface area contributed by atoms with Crippen LogP contribution in [0.3, 0.4) is 0 Å². The minimum Gasteiger partial charge on any atom is -0.299 e. The lowest BCUT2D eigenvalue weighted by Crippen LogP contribution is -2.42. The van der Waals surface area contributed by atoms with Crippen molar-refractivity contribution in [3.63, 3.8) is 0 Å². The van der Waals surface area contributed by atoms with Crippen LogP contribution in [0.4, 0.5) is 0 Å². The van der Waals surface area contributed by atoms with E-state index in [2.05, 4.69) is 69.4 Å². The molecule has 0 N–H and O–H groups in total. The van der Waals surface area contributed by atoms with Gasteiger partial charge in [0, 0.05) is 11.0 Å². The average Bonchev–Trinajstić information content (AvgIpc) is 2.59.